The number of halogens is 1. The zero-order valence-electron chi connectivity index (χ0n) is 10.0. The molecule has 1 nitrogen and oxygen atoms in total. The van der Waals surface area contributed by atoms with Gasteiger partial charge in [-0.25, -0.2) is 0 Å². The number of Topliss-reactive ketones (excluding diaryl/α,β-unsaturated/α-hetero) is 1. The summed E-state index contributed by atoms with van der Waals surface area (Å²) in [4.78, 5) is 12.2. The number of benzene rings is 1. The molecule has 0 unspecified atom stereocenters. The van der Waals surface area contributed by atoms with Gasteiger partial charge < -0.3 is 0 Å². The van der Waals surface area contributed by atoms with E-state index in [2.05, 4.69) is 15.9 Å². The third-order valence-electron chi connectivity index (χ3n) is 3.18. The number of hydrogen-bond acceptors (Lipinski definition) is 2. The Labute approximate surface area is 115 Å². The predicted octanol–water partition coefficient (Wildman–Crippen LogP) is 4.47. The number of hydrogen-bond donors (Lipinski definition) is 0. The number of aryl methyl sites for hydroxylation is 1. The third kappa shape index (κ3) is 3.85. The second kappa shape index (κ2) is 6.05. The van der Waals surface area contributed by atoms with Crippen molar-refractivity contribution < 1.29 is 4.79 Å². The highest BCUT2D eigenvalue weighted by Crippen LogP contribution is 2.27. The lowest BCUT2D eigenvalue weighted by molar-refractivity contribution is 0.0958. The summed E-state index contributed by atoms with van der Waals surface area (Å²) in [5.74, 6) is 3.33. The lowest BCUT2D eigenvalue weighted by atomic mass is 9.93. The first-order valence-corrected chi connectivity index (χ1v) is 7.98. The zero-order valence-corrected chi connectivity index (χ0v) is 12.4. The van der Waals surface area contributed by atoms with Crippen molar-refractivity contribution in [3.63, 3.8) is 0 Å². The fourth-order valence-corrected chi connectivity index (χ4v) is 4.04. The Morgan fingerprint density at radius 3 is 2.71 bits per heavy atom. The van der Waals surface area contributed by atoms with Crippen molar-refractivity contribution in [3.8, 4) is 0 Å². The maximum atomic E-state index is 12.2. The Kier molecular flexibility index (Phi) is 4.69. The van der Waals surface area contributed by atoms with Gasteiger partial charge in [0.2, 0.25) is 0 Å². The molecule has 17 heavy (non-hydrogen) atoms. The van der Waals surface area contributed by atoms with Crippen LogP contribution in [0.5, 0.6) is 0 Å². The Morgan fingerprint density at radius 2 is 2.06 bits per heavy atom. The normalized spacial score (nSPS) is 17.1. The summed E-state index contributed by atoms with van der Waals surface area (Å²) in [5.41, 5.74) is 2.00. The van der Waals surface area contributed by atoms with Gasteiger partial charge in [0, 0.05) is 16.5 Å². The molecule has 0 amide bonds. The van der Waals surface area contributed by atoms with E-state index >= 15 is 0 Å². The van der Waals surface area contributed by atoms with E-state index in [0.29, 0.717) is 11.7 Å². The smallest absolute Gasteiger partial charge is 0.163 e. The fourth-order valence-electron chi connectivity index (χ4n) is 2.23. The van der Waals surface area contributed by atoms with E-state index < -0.39 is 0 Å². The van der Waals surface area contributed by atoms with Gasteiger partial charge in [0.05, 0.1) is 0 Å². The lowest BCUT2D eigenvalue weighted by Crippen LogP contribution is -2.14. The van der Waals surface area contributed by atoms with Gasteiger partial charge >= 0.3 is 0 Å². The van der Waals surface area contributed by atoms with Crippen molar-refractivity contribution >= 4 is 33.5 Å². The minimum atomic E-state index is 0.298. The second-order valence-electron chi connectivity index (χ2n) is 4.70. The first-order valence-electron chi connectivity index (χ1n) is 6.03. The van der Waals surface area contributed by atoms with Crippen LogP contribution in [-0.2, 0) is 0 Å². The molecule has 1 aromatic rings. The Balaban J connectivity index is 2.03. The van der Waals surface area contributed by atoms with Crippen molar-refractivity contribution in [1.29, 1.82) is 0 Å². The van der Waals surface area contributed by atoms with E-state index in [9.17, 15) is 4.79 Å². The molecule has 2 rings (SSSR count). The van der Waals surface area contributed by atoms with Gasteiger partial charge in [0.15, 0.2) is 5.78 Å². The Hall–Kier alpha value is -0.280. The molecule has 0 bridgehead atoms. The highest BCUT2D eigenvalue weighted by Gasteiger charge is 2.18. The Morgan fingerprint density at radius 1 is 1.35 bits per heavy atom. The van der Waals surface area contributed by atoms with E-state index in [4.69, 9.17) is 0 Å². The second-order valence-corrected chi connectivity index (χ2v) is 6.84. The van der Waals surface area contributed by atoms with Gasteiger partial charge in [0.25, 0.3) is 0 Å². The number of ketones is 1. The lowest BCUT2D eigenvalue weighted by Gasteiger charge is -2.20. The van der Waals surface area contributed by atoms with Crippen LogP contribution in [0.2, 0.25) is 0 Å². The minimum absolute atomic E-state index is 0.298. The first-order chi connectivity index (χ1) is 8.15. The summed E-state index contributed by atoms with van der Waals surface area (Å²) < 4.78 is 1.00. The van der Waals surface area contributed by atoms with Gasteiger partial charge in [-0.2, -0.15) is 11.8 Å². The molecule has 3 heteroatoms. The molecule has 0 spiro atoms. The van der Waals surface area contributed by atoms with Crippen LogP contribution in [0.25, 0.3) is 0 Å². The summed E-state index contributed by atoms with van der Waals surface area (Å²) >= 11 is 5.46. The van der Waals surface area contributed by atoms with E-state index in [1.165, 1.54) is 24.3 Å². The number of carbonyl (C=O) groups excluding carboxylic acids is 1. The average molecular weight is 313 g/mol. The SMILES string of the molecule is Cc1cc(Br)cc(C(=O)CC2CCSCC2)c1. The molecule has 0 atom stereocenters. The van der Waals surface area contributed by atoms with Crippen LogP contribution >= 0.6 is 27.7 Å². The summed E-state index contributed by atoms with van der Waals surface area (Å²) in [6, 6.07) is 5.96. The Bertz CT molecular complexity index is 390. The van der Waals surface area contributed by atoms with Crippen LogP contribution in [0, 0.1) is 12.8 Å². The van der Waals surface area contributed by atoms with E-state index in [0.717, 1.165) is 22.0 Å². The van der Waals surface area contributed by atoms with Crippen LogP contribution in [0.4, 0.5) is 0 Å². The van der Waals surface area contributed by atoms with Gasteiger partial charge in [0.1, 0.15) is 0 Å². The van der Waals surface area contributed by atoms with Gasteiger partial charge in [-0.15, -0.1) is 0 Å². The number of carbonyl (C=O) groups is 1. The van der Waals surface area contributed by atoms with Crippen LogP contribution in [0.3, 0.4) is 0 Å². The van der Waals surface area contributed by atoms with Crippen molar-refractivity contribution in [2.45, 2.75) is 26.2 Å². The molecule has 0 radical (unpaired) electrons. The quantitative estimate of drug-likeness (QED) is 0.766. The first kappa shape index (κ1) is 13.2. The summed E-state index contributed by atoms with van der Waals surface area (Å²) in [7, 11) is 0. The molecule has 1 aliphatic heterocycles. The third-order valence-corrected chi connectivity index (χ3v) is 4.69. The molecule has 0 saturated carbocycles. The predicted molar refractivity (Wildman–Crippen MR) is 77.9 cm³/mol. The average Bonchev–Trinajstić information content (AvgIpc) is 2.29. The number of thioether (sulfide) groups is 1. The van der Waals surface area contributed by atoms with Crippen LogP contribution < -0.4 is 0 Å². The van der Waals surface area contributed by atoms with Crippen LogP contribution in [0.15, 0.2) is 22.7 Å². The van der Waals surface area contributed by atoms with E-state index in [1.807, 2.05) is 36.9 Å². The summed E-state index contributed by atoms with van der Waals surface area (Å²) in [6.07, 6.45) is 3.11. The fraction of sp³-hybridized carbons (Fsp3) is 0.500. The largest absolute Gasteiger partial charge is 0.294 e. The molecule has 1 heterocycles. The molecular weight excluding hydrogens is 296 g/mol. The van der Waals surface area contributed by atoms with Crippen LogP contribution in [0.1, 0.15) is 35.2 Å². The van der Waals surface area contributed by atoms with Gasteiger partial charge in [-0.05, 0) is 61.0 Å². The van der Waals surface area contributed by atoms with Gasteiger partial charge in [-0.1, -0.05) is 15.9 Å². The highest BCUT2D eigenvalue weighted by molar-refractivity contribution is 9.10. The zero-order chi connectivity index (χ0) is 12.3. The molecule has 1 aliphatic rings. The molecule has 1 saturated heterocycles. The van der Waals surface area contributed by atoms with Crippen LogP contribution in [-0.4, -0.2) is 17.3 Å². The highest BCUT2D eigenvalue weighted by atomic mass is 79.9. The maximum absolute atomic E-state index is 12.2. The monoisotopic (exact) mass is 312 g/mol. The molecule has 1 fully saturated rings. The van der Waals surface area contributed by atoms with Crippen molar-refractivity contribution in [1.82, 2.24) is 0 Å². The molecule has 1 aromatic carbocycles. The minimum Gasteiger partial charge on any atom is -0.294 e. The topological polar surface area (TPSA) is 17.1 Å². The molecular formula is C14H17BrOS. The van der Waals surface area contributed by atoms with Crippen molar-refractivity contribution in [2.75, 3.05) is 11.5 Å². The van der Waals surface area contributed by atoms with E-state index in [-0.39, 0.29) is 0 Å². The van der Waals surface area contributed by atoms with Crippen molar-refractivity contribution in [3.05, 3.63) is 33.8 Å². The number of rotatable bonds is 3. The molecule has 0 N–H and O–H groups in total. The standard InChI is InChI=1S/C14H17BrOS/c1-10-6-12(9-13(15)7-10)14(16)8-11-2-4-17-5-3-11/h6-7,9,11H,2-5,8H2,1H3. The van der Waals surface area contributed by atoms with Crippen molar-refractivity contribution in [2.24, 2.45) is 5.92 Å². The van der Waals surface area contributed by atoms with E-state index in [1.54, 1.807) is 0 Å². The van der Waals surface area contributed by atoms with Gasteiger partial charge in [-0.3, -0.25) is 4.79 Å². The summed E-state index contributed by atoms with van der Waals surface area (Å²) in [5, 5.41) is 0. The maximum Gasteiger partial charge on any atom is 0.163 e. The molecule has 0 aromatic heterocycles. The molecule has 0 aliphatic carbocycles. The summed E-state index contributed by atoms with van der Waals surface area (Å²) in [6.45, 7) is 2.03. The molecule has 92 valence electrons.